The fourth-order valence-corrected chi connectivity index (χ4v) is 11.5. The van der Waals surface area contributed by atoms with Crippen molar-refractivity contribution in [3.8, 4) is 16.9 Å². The number of fused-ring (bicyclic) bond motifs is 3. The fraction of sp³-hybridized carbons (Fsp3) is 0.333. The van der Waals surface area contributed by atoms with Crippen molar-refractivity contribution in [3.63, 3.8) is 0 Å². The Morgan fingerprint density at radius 3 is 2.47 bits per heavy atom. The highest BCUT2D eigenvalue weighted by Crippen LogP contribution is 2.36. The van der Waals surface area contributed by atoms with Gasteiger partial charge in [0.15, 0.2) is 10.8 Å². The Balaban J connectivity index is 0.738. The number of nitrogens with zero attached hydrogens (tertiary/aromatic N) is 7. The molecule has 0 radical (unpaired) electrons. The topological polar surface area (TPSA) is 204 Å². The summed E-state index contributed by atoms with van der Waals surface area (Å²) in [6.45, 7) is 10.2. The molecule has 3 aromatic heterocycles. The zero-order valence-corrected chi connectivity index (χ0v) is 41.4. The molecule has 17 nitrogen and oxygen atoms in total. The maximum atomic E-state index is 13.7. The fourth-order valence-electron chi connectivity index (χ4n) is 10.6. The lowest BCUT2D eigenvalue weighted by Gasteiger charge is -2.44. The van der Waals surface area contributed by atoms with Crippen LogP contribution in [0.3, 0.4) is 0 Å². The van der Waals surface area contributed by atoms with Gasteiger partial charge >= 0.3 is 5.97 Å². The van der Waals surface area contributed by atoms with Crippen molar-refractivity contribution >= 4 is 78.7 Å². The summed E-state index contributed by atoms with van der Waals surface area (Å²) in [4.78, 5) is 80.5. The largest absolute Gasteiger partial charge is 0.493 e. The Hall–Kier alpha value is -7.54. The maximum Gasteiger partial charge on any atom is 0.355 e. The molecule has 3 aliphatic rings. The van der Waals surface area contributed by atoms with E-state index in [1.165, 1.54) is 11.3 Å². The molecular formula is C54H56N10O7S. The van der Waals surface area contributed by atoms with Crippen molar-refractivity contribution in [2.45, 2.75) is 71.0 Å². The van der Waals surface area contributed by atoms with Crippen molar-refractivity contribution in [2.24, 2.45) is 7.05 Å². The van der Waals surface area contributed by atoms with Gasteiger partial charge < -0.3 is 25.0 Å². The van der Waals surface area contributed by atoms with Gasteiger partial charge in [-0.15, -0.1) is 0 Å². The highest BCUT2D eigenvalue weighted by atomic mass is 32.1. The Bertz CT molecular complexity index is 3230. The van der Waals surface area contributed by atoms with Crippen molar-refractivity contribution in [2.75, 3.05) is 54.9 Å². The molecule has 2 saturated heterocycles. The van der Waals surface area contributed by atoms with Crippen LogP contribution in [0.5, 0.6) is 5.75 Å². The van der Waals surface area contributed by atoms with Crippen LogP contribution in [-0.2, 0) is 34.4 Å². The second-order valence-electron chi connectivity index (χ2n) is 18.9. The number of nitrogens with one attached hydrogen (secondary N) is 3. The van der Waals surface area contributed by atoms with E-state index in [1.807, 2.05) is 103 Å². The molecule has 4 aromatic carbocycles. The Morgan fingerprint density at radius 1 is 0.889 bits per heavy atom. The molecule has 370 valence electrons. The van der Waals surface area contributed by atoms with Gasteiger partial charge in [0.25, 0.3) is 5.91 Å². The van der Waals surface area contributed by atoms with Crippen LogP contribution >= 0.6 is 11.3 Å². The number of pyridine rings is 1. The molecule has 72 heavy (non-hydrogen) atoms. The third-order valence-electron chi connectivity index (χ3n) is 14.1. The number of ether oxygens (including phenoxy) is 1. The van der Waals surface area contributed by atoms with Crippen LogP contribution < -0.4 is 25.6 Å². The number of amides is 4. The number of para-hydroxylation sites is 2. The average Bonchev–Trinajstić information content (AvgIpc) is 3.94. The van der Waals surface area contributed by atoms with E-state index in [9.17, 15) is 29.1 Å². The van der Waals surface area contributed by atoms with Crippen LogP contribution in [0.2, 0.25) is 0 Å². The minimum atomic E-state index is -1.14. The minimum Gasteiger partial charge on any atom is -0.493 e. The highest BCUT2D eigenvalue weighted by molar-refractivity contribution is 7.22. The molecular weight excluding hydrogens is 933 g/mol. The molecule has 7 aromatic rings. The number of hydrogen-bond acceptors (Lipinski definition) is 13. The molecule has 3 atom stereocenters. The molecule has 3 aliphatic heterocycles. The van der Waals surface area contributed by atoms with E-state index < -0.39 is 11.9 Å². The molecule has 3 unspecified atom stereocenters. The van der Waals surface area contributed by atoms with Gasteiger partial charge in [-0.25, -0.2) is 14.8 Å². The lowest BCUT2D eigenvalue weighted by Crippen LogP contribution is -2.58. The first-order valence-electron chi connectivity index (χ1n) is 24.4. The highest BCUT2D eigenvalue weighted by Gasteiger charge is 2.34. The molecule has 6 heterocycles. The summed E-state index contributed by atoms with van der Waals surface area (Å²) in [5.41, 5.74) is 7.21. The number of aromatic nitrogens is 4. The average molecular weight is 989 g/mol. The molecule has 18 heteroatoms. The summed E-state index contributed by atoms with van der Waals surface area (Å²) < 4.78 is 9.03. The number of aryl methyl sites for hydroxylation is 1. The summed E-state index contributed by atoms with van der Waals surface area (Å²) in [5.74, 6) is -1.51. The van der Waals surface area contributed by atoms with Gasteiger partial charge in [-0.2, -0.15) is 5.10 Å². The number of thiazole rings is 1. The van der Waals surface area contributed by atoms with Gasteiger partial charge in [0.1, 0.15) is 11.6 Å². The van der Waals surface area contributed by atoms with Gasteiger partial charge in [0.05, 0.1) is 46.2 Å². The predicted molar refractivity (Wildman–Crippen MR) is 277 cm³/mol. The number of carbonyl (C=O) groups excluding carboxylic acids is 4. The first-order valence-corrected chi connectivity index (χ1v) is 25.2. The number of hydrogen-bond donors (Lipinski definition) is 4. The quantitative estimate of drug-likeness (QED) is 0.0621. The number of benzene rings is 4. The summed E-state index contributed by atoms with van der Waals surface area (Å²) in [6.07, 6.45) is 2.07. The second kappa shape index (κ2) is 20.3. The predicted octanol–water partition coefficient (Wildman–Crippen LogP) is 7.39. The number of carboxylic acids is 1. The standard InChI is InChI=1S/C54H56N10O7S/c1-31-27-62(28-32(2)64(31)30-47(66)55-42-16-8-14-38-48(60-61(4)50(38)42)39-20-22-46(65)58-52(39)68)24-10-26-71-43-17-9-12-35(33(43)3)36-19-21-45(57-49(36)53(69)70)63-25-23-34-11-7-13-37(40(34)29-63)51(67)59-54-56-41-15-5-6-18-44(41)72-54/h5-9,11-19,21,31-32,39H,10,20,22-30H2,1-4H3,(H,55,66)(H,69,70)(H,56,59,67)(H,58,65,68). The molecule has 0 aliphatic carbocycles. The van der Waals surface area contributed by atoms with Crippen molar-refractivity contribution in [3.05, 3.63) is 125 Å². The van der Waals surface area contributed by atoms with Crippen LogP contribution in [0, 0.1) is 6.92 Å². The summed E-state index contributed by atoms with van der Waals surface area (Å²) in [6, 6.07) is 28.6. The molecule has 0 spiro atoms. The van der Waals surface area contributed by atoms with E-state index in [4.69, 9.17) is 9.72 Å². The van der Waals surface area contributed by atoms with Gasteiger partial charge in [0.2, 0.25) is 17.7 Å². The molecule has 4 amide bonds. The van der Waals surface area contributed by atoms with E-state index in [-0.39, 0.29) is 54.4 Å². The first-order chi connectivity index (χ1) is 34.8. The van der Waals surface area contributed by atoms with Crippen LogP contribution in [0.15, 0.2) is 91.0 Å². The van der Waals surface area contributed by atoms with E-state index in [2.05, 4.69) is 49.7 Å². The van der Waals surface area contributed by atoms with Gasteiger partial charge in [-0.05, 0) is 105 Å². The maximum absolute atomic E-state index is 13.7. The summed E-state index contributed by atoms with van der Waals surface area (Å²) >= 11 is 1.42. The van der Waals surface area contributed by atoms with E-state index in [1.54, 1.807) is 11.7 Å². The van der Waals surface area contributed by atoms with E-state index in [0.29, 0.717) is 71.7 Å². The second-order valence-corrected chi connectivity index (χ2v) is 20.0. The molecule has 0 bridgehead atoms. The van der Waals surface area contributed by atoms with Gasteiger partial charge in [-0.1, -0.05) is 59.9 Å². The third kappa shape index (κ3) is 9.76. The first kappa shape index (κ1) is 48.1. The lowest BCUT2D eigenvalue weighted by atomic mass is 9.92. The minimum absolute atomic E-state index is 0.0633. The monoisotopic (exact) mass is 988 g/mol. The number of carbonyl (C=O) groups is 5. The number of piperazine rings is 1. The zero-order valence-electron chi connectivity index (χ0n) is 40.6. The van der Waals surface area contributed by atoms with Crippen molar-refractivity contribution in [1.82, 2.24) is 34.9 Å². The Labute approximate surface area is 420 Å². The number of aromatic carboxylic acids is 1. The number of imide groups is 1. The number of carboxylic acid groups (broad SMARTS) is 1. The van der Waals surface area contributed by atoms with Crippen LogP contribution in [0.1, 0.15) is 82.3 Å². The molecule has 10 rings (SSSR count). The van der Waals surface area contributed by atoms with E-state index in [0.717, 1.165) is 69.4 Å². The van der Waals surface area contributed by atoms with Crippen molar-refractivity contribution < 1.29 is 33.8 Å². The molecule has 2 fully saturated rings. The number of piperidine rings is 1. The van der Waals surface area contributed by atoms with Crippen LogP contribution in [0.4, 0.5) is 16.6 Å². The van der Waals surface area contributed by atoms with Crippen LogP contribution in [-0.4, -0.2) is 116 Å². The number of anilines is 3. The van der Waals surface area contributed by atoms with Crippen LogP contribution in [0.25, 0.3) is 32.2 Å². The molecule has 0 saturated carbocycles. The summed E-state index contributed by atoms with van der Waals surface area (Å²) in [7, 11) is 1.79. The molecule has 4 N–H and O–H groups in total. The smallest absolute Gasteiger partial charge is 0.355 e. The van der Waals surface area contributed by atoms with Gasteiger partial charge in [0, 0.05) is 74.8 Å². The Morgan fingerprint density at radius 2 is 1.68 bits per heavy atom. The number of rotatable bonds is 14. The summed E-state index contributed by atoms with van der Waals surface area (Å²) in [5, 5.41) is 25.0. The lowest BCUT2D eigenvalue weighted by molar-refractivity contribution is -0.134. The third-order valence-corrected chi connectivity index (χ3v) is 15.1. The Kier molecular flexibility index (Phi) is 13.6. The van der Waals surface area contributed by atoms with E-state index >= 15 is 0 Å². The van der Waals surface area contributed by atoms with Crippen molar-refractivity contribution in [1.29, 1.82) is 0 Å². The zero-order chi connectivity index (χ0) is 50.2. The normalized spacial score (nSPS) is 18.5. The van der Waals surface area contributed by atoms with Gasteiger partial charge in [-0.3, -0.25) is 39.4 Å². The SMILES string of the molecule is Cc1c(OCCCN2CC(C)N(CC(=O)Nc3cccc4c(C5CCC(=O)NC5=O)nn(C)c34)C(C)C2)cccc1-c1ccc(N2CCc3cccc(C(=O)Nc4nc5ccccc5s4)c3C2)nc1C(=O)O.